The molecule has 1 aliphatic heterocycles. The Morgan fingerprint density at radius 2 is 1.84 bits per heavy atom. The molecule has 2 aliphatic carbocycles. The van der Waals surface area contributed by atoms with Gasteiger partial charge in [-0.15, -0.1) is 0 Å². The maximum Gasteiger partial charge on any atom is 0.237 e. The number of nitrogens with zero attached hydrogens (tertiary/aromatic N) is 3. The van der Waals surface area contributed by atoms with E-state index in [2.05, 4.69) is 26.5 Å². The average Bonchev–Trinajstić information content (AvgIpc) is 3.47. The molecule has 138 valence electrons. The zero-order valence-electron chi connectivity index (χ0n) is 15.3. The van der Waals surface area contributed by atoms with Crippen LogP contribution >= 0.6 is 0 Å². The molecule has 2 unspecified atom stereocenters. The van der Waals surface area contributed by atoms with Crippen molar-refractivity contribution < 1.29 is 9.59 Å². The highest BCUT2D eigenvalue weighted by molar-refractivity contribution is 5.82. The van der Waals surface area contributed by atoms with Crippen molar-refractivity contribution >= 4 is 11.8 Å². The van der Waals surface area contributed by atoms with Crippen LogP contribution in [0.15, 0.2) is 0 Å². The van der Waals surface area contributed by atoms with E-state index < -0.39 is 5.54 Å². The van der Waals surface area contributed by atoms with E-state index >= 15 is 0 Å². The smallest absolute Gasteiger partial charge is 0.237 e. The van der Waals surface area contributed by atoms with Crippen LogP contribution in [-0.2, 0) is 9.59 Å². The van der Waals surface area contributed by atoms with E-state index in [9.17, 15) is 14.9 Å². The molecule has 0 aromatic heterocycles. The molecule has 0 spiro atoms. The number of carbonyl (C=O) groups is 2. The molecule has 0 aromatic carbocycles. The molecule has 3 rings (SSSR count). The van der Waals surface area contributed by atoms with Crippen LogP contribution in [0.2, 0.25) is 0 Å². The van der Waals surface area contributed by atoms with Gasteiger partial charge >= 0.3 is 0 Å². The van der Waals surface area contributed by atoms with E-state index in [4.69, 9.17) is 0 Å². The Kier molecular flexibility index (Phi) is 5.30. The summed E-state index contributed by atoms with van der Waals surface area (Å²) in [4.78, 5) is 28.7. The van der Waals surface area contributed by atoms with E-state index in [1.54, 1.807) is 0 Å². The fourth-order valence-electron chi connectivity index (χ4n) is 3.44. The summed E-state index contributed by atoms with van der Waals surface area (Å²) in [6.07, 6.45) is 4.24. The second-order valence-corrected chi connectivity index (χ2v) is 7.91. The van der Waals surface area contributed by atoms with Gasteiger partial charge in [0.1, 0.15) is 5.54 Å². The molecule has 0 bridgehead atoms. The lowest BCUT2D eigenvalue weighted by molar-refractivity contribution is -0.128. The first-order chi connectivity index (χ1) is 11.9. The summed E-state index contributed by atoms with van der Waals surface area (Å²) in [5.41, 5.74) is -0.728. The van der Waals surface area contributed by atoms with Gasteiger partial charge in [-0.1, -0.05) is 0 Å². The maximum atomic E-state index is 12.3. The number of hydrogen-bond acceptors (Lipinski definition) is 5. The van der Waals surface area contributed by atoms with Crippen LogP contribution in [-0.4, -0.2) is 72.0 Å². The molecule has 25 heavy (non-hydrogen) atoms. The lowest BCUT2D eigenvalue weighted by Crippen LogP contribution is -2.56. The second kappa shape index (κ2) is 7.30. The number of nitriles is 1. The van der Waals surface area contributed by atoms with Crippen LogP contribution in [0.1, 0.15) is 39.5 Å². The molecule has 2 N–H and O–H groups in total. The number of rotatable bonds is 7. The summed E-state index contributed by atoms with van der Waals surface area (Å²) in [5.74, 6) is 0.330. The van der Waals surface area contributed by atoms with Crippen LogP contribution in [0.4, 0.5) is 0 Å². The Bertz CT molecular complexity index is 558. The van der Waals surface area contributed by atoms with E-state index in [-0.39, 0.29) is 17.9 Å². The maximum absolute atomic E-state index is 12.3. The van der Waals surface area contributed by atoms with Gasteiger partial charge < -0.3 is 10.6 Å². The monoisotopic (exact) mass is 347 g/mol. The Hall–Kier alpha value is -1.65. The molecule has 7 nitrogen and oxygen atoms in total. The third-order valence-corrected chi connectivity index (χ3v) is 5.65. The molecule has 1 saturated heterocycles. The number of amides is 2. The van der Waals surface area contributed by atoms with Gasteiger partial charge in [-0.3, -0.25) is 19.4 Å². The zero-order chi connectivity index (χ0) is 18.0. The van der Waals surface area contributed by atoms with Crippen molar-refractivity contribution in [2.45, 2.75) is 57.2 Å². The predicted octanol–water partition coefficient (Wildman–Crippen LogP) is 0.0796. The van der Waals surface area contributed by atoms with Crippen molar-refractivity contribution in [3.05, 3.63) is 0 Å². The second-order valence-electron chi connectivity index (χ2n) is 7.91. The van der Waals surface area contributed by atoms with Gasteiger partial charge in [-0.25, -0.2) is 0 Å². The van der Waals surface area contributed by atoms with E-state index in [0.717, 1.165) is 51.9 Å². The summed E-state index contributed by atoms with van der Waals surface area (Å²) in [5, 5.41) is 15.3. The van der Waals surface area contributed by atoms with Gasteiger partial charge in [0.05, 0.1) is 18.7 Å². The van der Waals surface area contributed by atoms with E-state index in [1.807, 2.05) is 13.8 Å². The molecule has 0 aromatic rings. The van der Waals surface area contributed by atoms with Gasteiger partial charge in [-0.2, -0.15) is 5.26 Å². The highest BCUT2D eigenvalue weighted by atomic mass is 16.2. The lowest BCUT2D eigenvalue weighted by atomic mass is 9.98. The highest BCUT2D eigenvalue weighted by Crippen LogP contribution is 2.39. The minimum Gasteiger partial charge on any atom is -0.352 e. The normalized spacial score (nSPS) is 25.5. The fraction of sp³-hybridized carbons (Fsp3) is 0.833. The zero-order valence-corrected chi connectivity index (χ0v) is 15.3. The van der Waals surface area contributed by atoms with Crippen molar-refractivity contribution in [2.24, 2.45) is 5.92 Å². The first-order valence-corrected chi connectivity index (χ1v) is 9.40. The van der Waals surface area contributed by atoms with Crippen molar-refractivity contribution in [1.29, 1.82) is 5.26 Å². The van der Waals surface area contributed by atoms with Crippen molar-refractivity contribution in [3.8, 4) is 6.07 Å². The Balaban J connectivity index is 1.40. The average molecular weight is 347 g/mol. The number of nitrogens with one attached hydrogen (secondary N) is 2. The number of piperazine rings is 1. The van der Waals surface area contributed by atoms with E-state index in [0.29, 0.717) is 18.5 Å². The summed E-state index contributed by atoms with van der Waals surface area (Å²) in [6.45, 7) is 7.19. The summed E-state index contributed by atoms with van der Waals surface area (Å²) in [6, 6.07) is 2.53. The quantitative estimate of drug-likeness (QED) is 0.681. The van der Waals surface area contributed by atoms with Gasteiger partial charge in [-0.05, 0) is 45.4 Å². The summed E-state index contributed by atoms with van der Waals surface area (Å²) >= 11 is 0. The van der Waals surface area contributed by atoms with Crippen LogP contribution in [0, 0.1) is 17.2 Å². The van der Waals surface area contributed by atoms with E-state index in [1.165, 1.54) is 0 Å². The first-order valence-electron chi connectivity index (χ1n) is 9.40. The largest absolute Gasteiger partial charge is 0.352 e. The molecule has 7 heteroatoms. The molecule has 2 saturated carbocycles. The minimum absolute atomic E-state index is 0.0797. The SMILES string of the molecule is CC(C(=O)NC1CC1)N1CCN(CC(=O)NC(C)(C#N)C2CC2)CC1. The molecule has 3 aliphatic rings. The summed E-state index contributed by atoms with van der Waals surface area (Å²) in [7, 11) is 0. The third-order valence-electron chi connectivity index (χ3n) is 5.65. The molecule has 2 atom stereocenters. The van der Waals surface area contributed by atoms with Gasteiger partial charge in [0.25, 0.3) is 0 Å². The Labute approximate surface area is 149 Å². The van der Waals surface area contributed by atoms with Crippen molar-refractivity contribution in [1.82, 2.24) is 20.4 Å². The summed E-state index contributed by atoms with van der Waals surface area (Å²) < 4.78 is 0. The fourth-order valence-corrected chi connectivity index (χ4v) is 3.44. The predicted molar refractivity (Wildman–Crippen MR) is 93.5 cm³/mol. The molecule has 3 fully saturated rings. The first kappa shape index (κ1) is 18.2. The van der Waals surface area contributed by atoms with Crippen LogP contribution in [0.5, 0.6) is 0 Å². The molecule has 0 radical (unpaired) electrons. The number of hydrogen-bond donors (Lipinski definition) is 2. The third kappa shape index (κ3) is 4.71. The molecular weight excluding hydrogens is 318 g/mol. The lowest BCUT2D eigenvalue weighted by Gasteiger charge is -2.37. The van der Waals surface area contributed by atoms with Gasteiger partial charge in [0.15, 0.2) is 0 Å². The van der Waals surface area contributed by atoms with Crippen LogP contribution in [0.25, 0.3) is 0 Å². The minimum atomic E-state index is -0.728. The molecular formula is C18H29N5O2. The Morgan fingerprint density at radius 3 is 2.36 bits per heavy atom. The van der Waals surface area contributed by atoms with Crippen molar-refractivity contribution in [3.63, 3.8) is 0 Å². The van der Waals surface area contributed by atoms with Crippen LogP contribution in [0.3, 0.4) is 0 Å². The Morgan fingerprint density at radius 1 is 1.20 bits per heavy atom. The van der Waals surface area contributed by atoms with Gasteiger partial charge in [0, 0.05) is 32.2 Å². The molecule has 1 heterocycles. The van der Waals surface area contributed by atoms with Gasteiger partial charge in [0.2, 0.25) is 11.8 Å². The van der Waals surface area contributed by atoms with Crippen molar-refractivity contribution in [2.75, 3.05) is 32.7 Å². The number of carbonyl (C=O) groups excluding carboxylic acids is 2. The standard InChI is InChI=1S/C18H29N5O2/c1-13(17(25)20-15-5-6-15)23-9-7-22(8-10-23)11-16(24)21-18(2,12-19)14-3-4-14/h13-15H,3-11H2,1-2H3,(H,20,25)(H,21,24). The topological polar surface area (TPSA) is 88.5 Å². The van der Waals surface area contributed by atoms with Crippen LogP contribution < -0.4 is 10.6 Å². The molecule has 2 amide bonds. The highest BCUT2D eigenvalue weighted by Gasteiger charge is 2.43.